The normalized spacial score (nSPS) is 11.8. The summed E-state index contributed by atoms with van der Waals surface area (Å²) >= 11 is 0. The molecule has 0 saturated heterocycles. The lowest BCUT2D eigenvalue weighted by molar-refractivity contribution is -0.111. The van der Waals surface area contributed by atoms with E-state index in [0.29, 0.717) is 29.9 Å². The Balaban J connectivity index is 1.91. The van der Waals surface area contributed by atoms with Crippen LogP contribution in [-0.4, -0.2) is 54.9 Å². The van der Waals surface area contributed by atoms with E-state index in [1.165, 1.54) is 0 Å². The molecule has 0 radical (unpaired) electrons. The third-order valence-electron chi connectivity index (χ3n) is 5.09. The predicted octanol–water partition coefficient (Wildman–Crippen LogP) is 4.26. The number of phenolic OH excluding ortho intramolecular Hbond substituents is 1. The van der Waals surface area contributed by atoms with Gasteiger partial charge in [0, 0.05) is 18.8 Å². The van der Waals surface area contributed by atoms with Crippen molar-refractivity contribution < 1.29 is 19.7 Å². The number of benzene rings is 3. The fraction of sp³-hybridized carbons (Fsp3) is 0.222. The number of amides is 1. The number of aliphatic hydroxyl groups excluding tert-OH is 1. The van der Waals surface area contributed by atoms with Gasteiger partial charge in [-0.3, -0.25) is 4.79 Å². The van der Waals surface area contributed by atoms with Gasteiger partial charge in [0.05, 0.1) is 5.57 Å². The summed E-state index contributed by atoms with van der Waals surface area (Å²) in [6.07, 6.45) is 0.312. The second kappa shape index (κ2) is 11.9. The van der Waals surface area contributed by atoms with E-state index in [1.807, 2.05) is 61.5 Å². The van der Waals surface area contributed by atoms with Gasteiger partial charge in [-0.1, -0.05) is 42.5 Å². The van der Waals surface area contributed by atoms with Gasteiger partial charge in [-0.15, -0.1) is 0 Å². The monoisotopic (exact) mass is 446 g/mol. The van der Waals surface area contributed by atoms with Gasteiger partial charge in [-0.05, 0) is 73.6 Å². The molecule has 0 spiro atoms. The number of nitrogens with one attached hydrogen (secondary N) is 1. The second-order valence-electron chi connectivity index (χ2n) is 7.87. The summed E-state index contributed by atoms with van der Waals surface area (Å²) in [6.45, 7) is 1.29. The number of phenols is 1. The number of hydrogen-bond donors (Lipinski definition) is 3. The maximum atomic E-state index is 13.5. The molecule has 0 heterocycles. The number of aromatic hydroxyl groups is 1. The van der Waals surface area contributed by atoms with Crippen molar-refractivity contribution in [1.82, 2.24) is 4.90 Å². The molecule has 0 aliphatic heterocycles. The van der Waals surface area contributed by atoms with Crippen molar-refractivity contribution >= 4 is 22.7 Å². The summed E-state index contributed by atoms with van der Waals surface area (Å²) in [5, 5.41) is 22.4. The molecule has 3 N–H and O–H groups in total. The number of anilines is 1. The smallest absolute Gasteiger partial charge is 0.256 e. The van der Waals surface area contributed by atoms with Gasteiger partial charge in [-0.2, -0.15) is 0 Å². The molecular formula is C27H30N2O4. The highest BCUT2D eigenvalue weighted by Crippen LogP contribution is 2.31. The van der Waals surface area contributed by atoms with Crippen LogP contribution in [0.5, 0.6) is 11.5 Å². The van der Waals surface area contributed by atoms with Gasteiger partial charge in [0.15, 0.2) is 0 Å². The molecule has 3 rings (SSSR count). The van der Waals surface area contributed by atoms with E-state index in [-0.39, 0.29) is 18.3 Å². The Kier molecular flexibility index (Phi) is 8.63. The first-order valence-corrected chi connectivity index (χ1v) is 10.9. The number of likely N-dealkylation sites (N-methyl/N-ethyl adjacent to an activating group) is 1. The summed E-state index contributed by atoms with van der Waals surface area (Å²) in [4.78, 5) is 15.5. The van der Waals surface area contributed by atoms with Crippen molar-refractivity contribution in [2.45, 2.75) is 6.42 Å². The van der Waals surface area contributed by atoms with Crippen LogP contribution in [-0.2, 0) is 4.79 Å². The van der Waals surface area contributed by atoms with E-state index < -0.39 is 0 Å². The molecule has 0 fully saturated rings. The van der Waals surface area contributed by atoms with Gasteiger partial charge >= 0.3 is 0 Å². The number of hydrogen-bond acceptors (Lipinski definition) is 5. The zero-order chi connectivity index (χ0) is 23.6. The Morgan fingerprint density at radius 3 is 2.18 bits per heavy atom. The van der Waals surface area contributed by atoms with E-state index in [4.69, 9.17) is 4.74 Å². The summed E-state index contributed by atoms with van der Waals surface area (Å²) in [7, 11) is 3.98. The lowest BCUT2D eigenvalue weighted by Gasteiger charge is -2.17. The third-order valence-corrected chi connectivity index (χ3v) is 5.09. The Morgan fingerprint density at radius 2 is 1.58 bits per heavy atom. The summed E-state index contributed by atoms with van der Waals surface area (Å²) in [6, 6.07) is 23.3. The minimum absolute atomic E-state index is 0.0991. The largest absolute Gasteiger partial charge is 0.508 e. The fourth-order valence-electron chi connectivity index (χ4n) is 3.41. The molecule has 0 unspecified atom stereocenters. The number of aliphatic hydroxyl groups is 1. The van der Waals surface area contributed by atoms with Gasteiger partial charge in [-0.25, -0.2) is 0 Å². The van der Waals surface area contributed by atoms with Crippen molar-refractivity contribution in [2.24, 2.45) is 0 Å². The van der Waals surface area contributed by atoms with E-state index >= 15 is 0 Å². The maximum absolute atomic E-state index is 13.5. The molecule has 6 nitrogen and oxygen atoms in total. The highest BCUT2D eigenvalue weighted by Gasteiger charge is 2.19. The zero-order valence-electron chi connectivity index (χ0n) is 19.0. The molecule has 3 aromatic rings. The number of ether oxygens (including phenoxy) is 1. The topological polar surface area (TPSA) is 82.0 Å². The van der Waals surface area contributed by atoms with Crippen LogP contribution in [0.4, 0.5) is 5.69 Å². The molecule has 3 aromatic carbocycles. The SMILES string of the molecule is CN(C)CCOc1ccc(NC(=O)/C(=C(/CCO)c2ccccc2)c2ccc(O)cc2)cc1. The van der Waals surface area contributed by atoms with Gasteiger partial charge in [0.1, 0.15) is 18.1 Å². The first-order valence-electron chi connectivity index (χ1n) is 10.9. The van der Waals surface area contributed by atoms with E-state index in [1.54, 1.807) is 36.4 Å². The van der Waals surface area contributed by atoms with Crippen LogP contribution in [0.25, 0.3) is 11.1 Å². The van der Waals surface area contributed by atoms with Crippen LogP contribution in [0.15, 0.2) is 78.9 Å². The maximum Gasteiger partial charge on any atom is 0.256 e. The van der Waals surface area contributed by atoms with Crippen molar-refractivity contribution in [3.05, 3.63) is 90.0 Å². The second-order valence-corrected chi connectivity index (χ2v) is 7.87. The third kappa shape index (κ3) is 6.94. The molecule has 0 aromatic heterocycles. The number of nitrogens with zero attached hydrogens (tertiary/aromatic N) is 1. The quantitative estimate of drug-likeness (QED) is 0.320. The molecule has 0 atom stereocenters. The van der Waals surface area contributed by atoms with Crippen molar-refractivity contribution in [1.29, 1.82) is 0 Å². The molecule has 0 bridgehead atoms. The number of rotatable bonds is 10. The summed E-state index contributed by atoms with van der Waals surface area (Å²) in [5.41, 5.74) is 3.31. The van der Waals surface area contributed by atoms with E-state index in [0.717, 1.165) is 23.4 Å². The first kappa shape index (κ1) is 24.0. The average Bonchev–Trinajstić information content (AvgIpc) is 2.81. The van der Waals surface area contributed by atoms with E-state index in [2.05, 4.69) is 5.32 Å². The van der Waals surface area contributed by atoms with Gasteiger partial charge in [0.25, 0.3) is 5.91 Å². The highest BCUT2D eigenvalue weighted by molar-refractivity contribution is 6.31. The van der Waals surface area contributed by atoms with Crippen LogP contribution in [0.3, 0.4) is 0 Å². The molecule has 1 amide bonds. The van der Waals surface area contributed by atoms with Crippen molar-refractivity contribution in [2.75, 3.05) is 39.2 Å². The zero-order valence-corrected chi connectivity index (χ0v) is 19.0. The number of carbonyl (C=O) groups is 1. The molecule has 6 heteroatoms. The standard InChI is InChI=1S/C27H30N2O4/c1-29(2)17-19-33-24-14-10-22(11-15-24)28-27(32)26(21-8-12-23(31)13-9-21)25(16-18-30)20-6-4-3-5-7-20/h3-15,30-31H,16-19H2,1-2H3,(H,28,32)/b26-25-. The Hall–Kier alpha value is -3.61. The molecule has 0 aliphatic rings. The van der Waals surface area contributed by atoms with Crippen LogP contribution >= 0.6 is 0 Å². The van der Waals surface area contributed by atoms with Crippen LogP contribution in [0.2, 0.25) is 0 Å². The van der Waals surface area contributed by atoms with Crippen LogP contribution < -0.4 is 10.1 Å². The lowest BCUT2D eigenvalue weighted by Crippen LogP contribution is -2.19. The van der Waals surface area contributed by atoms with Gasteiger partial charge in [0.2, 0.25) is 0 Å². The Bertz CT molecular complexity index is 1060. The molecule has 33 heavy (non-hydrogen) atoms. The average molecular weight is 447 g/mol. The highest BCUT2D eigenvalue weighted by atomic mass is 16.5. The predicted molar refractivity (Wildman–Crippen MR) is 132 cm³/mol. The van der Waals surface area contributed by atoms with Gasteiger partial charge < -0.3 is 25.2 Å². The number of carbonyl (C=O) groups excluding carboxylic acids is 1. The van der Waals surface area contributed by atoms with Crippen molar-refractivity contribution in [3.63, 3.8) is 0 Å². The van der Waals surface area contributed by atoms with Crippen molar-refractivity contribution in [3.8, 4) is 11.5 Å². The fourth-order valence-corrected chi connectivity index (χ4v) is 3.41. The molecular weight excluding hydrogens is 416 g/mol. The minimum Gasteiger partial charge on any atom is -0.508 e. The summed E-state index contributed by atoms with van der Waals surface area (Å²) in [5.74, 6) is 0.551. The van der Waals surface area contributed by atoms with E-state index in [9.17, 15) is 15.0 Å². The van der Waals surface area contributed by atoms with Crippen LogP contribution in [0, 0.1) is 0 Å². The first-order chi connectivity index (χ1) is 16.0. The lowest BCUT2D eigenvalue weighted by atomic mass is 9.92. The molecule has 172 valence electrons. The Morgan fingerprint density at radius 1 is 0.909 bits per heavy atom. The Labute approximate surface area is 194 Å². The molecule has 0 aliphatic carbocycles. The van der Waals surface area contributed by atoms with Crippen LogP contribution in [0.1, 0.15) is 17.5 Å². The molecule has 0 saturated carbocycles. The minimum atomic E-state index is -0.297. The summed E-state index contributed by atoms with van der Waals surface area (Å²) < 4.78 is 5.72.